The molecule has 160 valence electrons. The minimum Gasteiger partial charge on any atom is -0.351 e. The van der Waals surface area contributed by atoms with Gasteiger partial charge in [0.1, 0.15) is 11.9 Å². The number of hydrogen-bond donors (Lipinski definition) is 0. The quantitative estimate of drug-likeness (QED) is 0.472. The lowest BCUT2D eigenvalue weighted by Crippen LogP contribution is -2.44. The first-order valence-corrected chi connectivity index (χ1v) is 10.8. The summed E-state index contributed by atoms with van der Waals surface area (Å²) in [6.07, 6.45) is 3.72. The van der Waals surface area contributed by atoms with E-state index in [9.17, 15) is 19.7 Å². The number of para-hydroxylation sites is 1. The molecule has 4 nitrogen and oxygen atoms in total. The van der Waals surface area contributed by atoms with E-state index in [-0.39, 0.29) is 5.78 Å². The minimum absolute atomic E-state index is 0.280. The van der Waals surface area contributed by atoms with Crippen LogP contribution in [-0.2, 0) is 0 Å². The smallest absolute Gasteiger partial charge is 0.185 e. The third kappa shape index (κ3) is 3.13. The molecule has 0 amide bonds. The largest absolute Gasteiger partial charge is 0.351 e. The molecule has 2 heterocycles. The Bertz CT molecular complexity index is 1340. The van der Waals surface area contributed by atoms with Crippen LogP contribution in [0.5, 0.6) is 0 Å². The molecule has 2 aliphatic rings. The van der Waals surface area contributed by atoms with Crippen molar-refractivity contribution in [3.8, 4) is 12.1 Å². The van der Waals surface area contributed by atoms with Crippen LogP contribution in [-0.4, -0.2) is 17.9 Å². The normalized spacial score (nSPS) is 22.1. The predicted molar refractivity (Wildman–Crippen MR) is 124 cm³/mol. The van der Waals surface area contributed by atoms with Crippen molar-refractivity contribution in [1.82, 2.24) is 0 Å². The summed E-state index contributed by atoms with van der Waals surface area (Å²) in [6, 6.07) is 22.9. The van der Waals surface area contributed by atoms with E-state index in [2.05, 4.69) is 12.1 Å². The van der Waals surface area contributed by atoms with Crippen molar-refractivity contribution in [3.05, 3.63) is 106 Å². The molecule has 3 atom stereocenters. The van der Waals surface area contributed by atoms with Gasteiger partial charge < -0.3 is 4.90 Å². The average molecular weight is 454 g/mol. The van der Waals surface area contributed by atoms with E-state index in [0.29, 0.717) is 16.1 Å². The molecule has 3 unspecified atom stereocenters. The van der Waals surface area contributed by atoms with Crippen molar-refractivity contribution in [1.29, 1.82) is 10.5 Å². The van der Waals surface area contributed by atoms with Crippen LogP contribution in [0.25, 0.3) is 6.08 Å². The van der Waals surface area contributed by atoms with E-state index < -0.39 is 29.2 Å². The predicted octanol–water partition coefficient (Wildman–Crippen LogP) is 5.76. The highest BCUT2D eigenvalue weighted by atomic mass is 35.5. The fourth-order valence-corrected chi connectivity index (χ4v) is 5.19. The third-order valence-electron chi connectivity index (χ3n) is 6.54. The van der Waals surface area contributed by atoms with Gasteiger partial charge >= 0.3 is 0 Å². The first-order chi connectivity index (χ1) is 16.0. The molecule has 1 saturated heterocycles. The zero-order chi connectivity index (χ0) is 23.2. The highest BCUT2D eigenvalue weighted by molar-refractivity contribution is 6.30. The molecule has 1 fully saturated rings. The number of anilines is 1. The monoisotopic (exact) mass is 453 g/mol. The van der Waals surface area contributed by atoms with E-state index in [1.807, 2.05) is 41.3 Å². The highest BCUT2D eigenvalue weighted by Crippen LogP contribution is 2.55. The number of Topliss-reactive ketones (excluding diaryl/α,β-unsaturated/α-hetero) is 1. The average Bonchev–Trinajstić information content (AvgIpc) is 3.15. The van der Waals surface area contributed by atoms with Crippen LogP contribution in [0.1, 0.15) is 27.4 Å². The summed E-state index contributed by atoms with van der Waals surface area (Å²) in [5.74, 6) is -1.49. The lowest BCUT2D eigenvalue weighted by molar-refractivity contribution is 0.0951. The van der Waals surface area contributed by atoms with E-state index >= 15 is 0 Å². The van der Waals surface area contributed by atoms with Crippen LogP contribution < -0.4 is 4.90 Å². The summed E-state index contributed by atoms with van der Waals surface area (Å²) < 4.78 is 13.6. The number of nitriles is 2. The number of carbonyl (C=O) groups is 1. The molecule has 0 aliphatic carbocycles. The molecule has 33 heavy (non-hydrogen) atoms. The molecule has 3 aromatic rings. The molecule has 0 radical (unpaired) electrons. The molecular formula is C27H17ClFN3O. The topological polar surface area (TPSA) is 67.9 Å². The summed E-state index contributed by atoms with van der Waals surface area (Å²) in [5.41, 5.74) is 1.13. The first kappa shape index (κ1) is 20.9. The number of hydrogen-bond acceptors (Lipinski definition) is 4. The number of ketones is 1. The molecule has 3 aromatic carbocycles. The van der Waals surface area contributed by atoms with Gasteiger partial charge in [-0.05, 0) is 53.6 Å². The van der Waals surface area contributed by atoms with Gasteiger partial charge in [-0.25, -0.2) is 4.39 Å². The summed E-state index contributed by atoms with van der Waals surface area (Å²) in [6.45, 7) is 0. The van der Waals surface area contributed by atoms with E-state index in [4.69, 9.17) is 11.6 Å². The molecule has 5 rings (SSSR count). The van der Waals surface area contributed by atoms with Gasteiger partial charge in [0.2, 0.25) is 0 Å². The zero-order valence-electron chi connectivity index (χ0n) is 17.3. The lowest BCUT2D eigenvalue weighted by Gasteiger charge is -2.35. The number of halogens is 2. The van der Waals surface area contributed by atoms with Crippen molar-refractivity contribution in [2.24, 2.45) is 5.41 Å². The molecule has 0 saturated carbocycles. The zero-order valence-corrected chi connectivity index (χ0v) is 18.1. The van der Waals surface area contributed by atoms with Crippen LogP contribution in [0.2, 0.25) is 5.02 Å². The molecule has 0 N–H and O–H groups in total. The summed E-state index contributed by atoms with van der Waals surface area (Å²) in [5, 5.41) is 21.3. The second-order valence-corrected chi connectivity index (χ2v) is 8.64. The van der Waals surface area contributed by atoms with Gasteiger partial charge in [-0.2, -0.15) is 10.5 Å². The van der Waals surface area contributed by atoms with Crippen molar-refractivity contribution >= 4 is 29.1 Å². The van der Waals surface area contributed by atoms with Crippen LogP contribution in [0, 0.1) is 33.9 Å². The summed E-state index contributed by atoms with van der Waals surface area (Å²) >= 11 is 6.10. The second-order valence-electron chi connectivity index (χ2n) is 8.21. The third-order valence-corrected chi connectivity index (χ3v) is 6.79. The molecule has 0 spiro atoms. The fraction of sp³-hybridized carbons (Fsp3) is 0.148. The van der Waals surface area contributed by atoms with Gasteiger partial charge in [-0.1, -0.05) is 54.1 Å². The van der Waals surface area contributed by atoms with Crippen LogP contribution in [0.15, 0.2) is 78.9 Å². The molecule has 6 heteroatoms. The van der Waals surface area contributed by atoms with Crippen LogP contribution in [0.4, 0.5) is 10.1 Å². The van der Waals surface area contributed by atoms with Crippen LogP contribution >= 0.6 is 11.6 Å². The number of benzene rings is 3. The van der Waals surface area contributed by atoms with Crippen molar-refractivity contribution in [2.45, 2.75) is 18.0 Å². The van der Waals surface area contributed by atoms with Gasteiger partial charge in [0.15, 0.2) is 11.2 Å². The second kappa shape index (κ2) is 7.89. The minimum atomic E-state index is -1.53. The number of fused-ring (bicyclic) bond motifs is 3. The van der Waals surface area contributed by atoms with Crippen LogP contribution in [0.3, 0.4) is 0 Å². The molecular weight excluding hydrogens is 437 g/mol. The highest BCUT2D eigenvalue weighted by Gasteiger charge is 2.63. The van der Waals surface area contributed by atoms with Gasteiger partial charge in [0.25, 0.3) is 0 Å². The maximum absolute atomic E-state index is 14.0. The Kier molecular flexibility index (Phi) is 5.01. The maximum Gasteiger partial charge on any atom is 0.185 e. The fourth-order valence-electron chi connectivity index (χ4n) is 5.06. The Morgan fingerprint density at radius 2 is 1.64 bits per heavy atom. The standard InChI is InChI=1S/C27H17ClFN3O/c28-20-10-5-18(6-11-20)24-25(26(33)19-7-12-21(29)13-8-19)32-22-4-2-1-3-17(22)9-14-23(32)27(24,15-30)16-31/h1-14,23-25H. The van der Waals surface area contributed by atoms with Gasteiger partial charge in [-0.15, -0.1) is 0 Å². The van der Waals surface area contributed by atoms with Crippen molar-refractivity contribution in [2.75, 3.05) is 4.90 Å². The van der Waals surface area contributed by atoms with Crippen molar-refractivity contribution in [3.63, 3.8) is 0 Å². The number of carbonyl (C=O) groups excluding carboxylic acids is 1. The van der Waals surface area contributed by atoms with E-state index in [0.717, 1.165) is 11.3 Å². The van der Waals surface area contributed by atoms with Gasteiger partial charge in [0.05, 0.1) is 18.2 Å². The molecule has 0 bridgehead atoms. The Hall–Kier alpha value is -3.93. The Morgan fingerprint density at radius 3 is 2.30 bits per heavy atom. The van der Waals surface area contributed by atoms with Crippen molar-refractivity contribution < 1.29 is 9.18 Å². The molecule has 0 aromatic heterocycles. The Balaban J connectivity index is 1.78. The summed E-state index contributed by atoms with van der Waals surface area (Å²) in [7, 11) is 0. The molecule has 2 aliphatic heterocycles. The first-order valence-electron chi connectivity index (χ1n) is 10.4. The van der Waals surface area contributed by atoms with E-state index in [1.165, 1.54) is 24.3 Å². The number of nitrogens with zero attached hydrogens (tertiary/aromatic N) is 3. The van der Waals surface area contributed by atoms with Gasteiger partial charge in [0, 0.05) is 22.2 Å². The van der Waals surface area contributed by atoms with Gasteiger partial charge in [-0.3, -0.25) is 4.79 Å². The maximum atomic E-state index is 14.0. The van der Waals surface area contributed by atoms with E-state index in [1.54, 1.807) is 24.3 Å². The lowest BCUT2D eigenvalue weighted by atomic mass is 9.69. The number of rotatable bonds is 3. The Morgan fingerprint density at radius 1 is 0.970 bits per heavy atom. The Labute approximate surface area is 195 Å². The SMILES string of the molecule is N#CC1(C#N)C(c2ccc(Cl)cc2)C(C(=O)c2ccc(F)cc2)N2c3ccccc3C=CC21. The summed E-state index contributed by atoms with van der Waals surface area (Å²) in [4.78, 5) is 15.8.